The predicted molar refractivity (Wildman–Crippen MR) is 60.9 cm³/mol. The molecule has 1 rings (SSSR count). The van der Waals surface area contributed by atoms with E-state index in [0.717, 1.165) is 12.0 Å². The lowest BCUT2D eigenvalue weighted by atomic mass is 9.93. The van der Waals surface area contributed by atoms with E-state index < -0.39 is 0 Å². The van der Waals surface area contributed by atoms with Gasteiger partial charge in [-0.15, -0.1) is 0 Å². The molecule has 1 aliphatic rings. The molecule has 0 spiro atoms. The van der Waals surface area contributed by atoms with E-state index in [1.54, 1.807) is 6.08 Å². The minimum atomic E-state index is 0.100. The standard InChI is InChI=1S/C13H16O/c1-12-8-5-6-10-13(12)9-4-2-3-7-11-14/h2-8,10,13-14H,1,9,11H2/b4-2+,7-3+. The van der Waals surface area contributed by atoms with Crippen LogP contribution in [0, 0.1) is 5.92 Å². The molecule has 0 aliphatic heterocycles. The van der Waals surface area contributed by atoms with Crippen LogP contribution in [0.1, 0.15) is 6.42 Å². The summed E-state index contributed by atoms with van der Waals surface area (Å²) in [5.74, 6) is 0.429. The summed E-state index contributed by atoms with van der Waals surface area (Å²) in [6.07, 6.45) is 16.8. The first-order valence-electron chi connectivity index (χ1n) is 4.81. The number of hydrogen-bond donors (Lipinski definition) is 1. The minimum Gasteiger partial charge on any atom is -0.392 e. The zero-order chi connectivity index (χ0) is 10.2. The smallest absolute Gasteiger partial charge is 0.0615 e. The Labute approximate surface area is 85.5 Å². The first-order valence-corrected chi connectivity index (χ1v) is 4.81. The molecule has 14 heavy (non-hydrogen) atoms. The van der Waals surface area contributed by atoms with E-state index in [2.05, 4.69) is 24.8 Å². The topological polar surface area (TPSA) is 20.2 Å². The van der Waals surface area contributed by atoms with Crippen LogP contribution in [0.4, 0.5) is 0 Å². The quantitative estimate of drug-likeness (QED) is 0.673. The van der Waals surface area contributed by atoms with Gasteiger partial charge in [0, 0.05) is 5.92 Å². The average Bonchev–Trinajstić information content (AvgIpc) is 2.20. The molecule has 1 N–H and O–H groups in total. The van der Waals surface area contributed by atoms with Crippen LogP contribution in [-0.2, 0) is 0 Å². The molecule has 1 atom stereocenters. The maximum atomic E-state index is 8.50. The molecular weight excluding hydrogens is 172 g/mol. The number of rotatable bonds is 4. The van der Waals surface area contributed by atoms with Crippen molar-refractivity contribution < 1.29 is 5.11 Å². The Morgan fingerprint density at radius 3 is 2.79 bits per heavy atom. The van der Waals surface area contributed by atoms with Crippen LogP contribution in [0.15, 0.2) is 60.8 Å². The lowest BCUT2D eigenvalue weighted by Crippen LogP contribution is -1.98. The van der Waals surface area contributed by atoms with Crippen molar-refractivity contribution in [1.82, 2.24) is 0 Å². The van der Waals surface area contributed by atoms with E-state index in [1.807, 2.05) is 24.3 Å². The summed E-state index contributed by atoms with van der Waals surface area (Å²) in [5, 5.41) is 8.50. The lowest BCUT2D eigenvalue weighted by molar-refractivity contribution is 0.343. The third-order valence-electron chi connectivity index (χ3n) is 2.12. The van der Waals surface area contributed by atoms with Gasteiger partial charge in [-0.3, -0.25) is 0 Å². The monoisotopic (exact) mass is 188 g/mol. The molecule has 1 unspecified atom stereocenters. The van der Waals surface area contributed by atoms with E-state index in [1.165, 1.54) is 0 Å². The van der Waals surface area contributed by atoms with Crippen molar-refractivity contribution in [2.24, 2.45) is 5.92 Å². The van der Waals surface area contributed by atoms with Crippen LogP contribution in [0.25, 0.3) is 0 Å². The fraction of sp³-hybridized carbons (Fsp3) is 0.231. The zero-order valence-corrected chi connectivity index (χ0v) is 8.26. The Morgan fingerprint density at radius 1 is 1.29 bits per heavy atom. The Morgan fingerprint density at radius 2 is 2.07 bits per heavy atom. The molecule has 1 heteroatoms. The van der Waals surface area contributed by atoms with Gasteiger partial charge in [0.05, 0.1) is 6.61 Å². The van der Waals surface area contributed by atoms with Crippen LogP contribution >= 0.6 is 0 Å². The Bertz CT molecular complexity index is 292. The fourth-order valence-electron chi connectivity index (χ4n) is 1.30. The second-order valence-corrected chi connectivity index (χ2v) is 3.20. The lowest BCUT2D eigenvalue weighted by Gasteiger charge is -2.12. The molecule has 0 aromatic carbocycles. The van der Waals surface area contributed by atoms with E-state index in [4.69, 9.17) is 5.11 Å². The molecule has 0 bridgehead atoms. The predicted octanol–water partition coefficient (Wildman–Crippen LogP) is 2.78. The summed E-state index contributed by atoms with van der Waals surface area (Å²) < 4.78 is 0. The molecule has 0 fully saturated rings. The molecule has 0 saturated heterocycles. The highest BCUT2D eigenvalue weighted by Crippen LogP contribution is 2.20. The molecule has 0 radical (unpaired) electrons. The number of allylic oxidation sites excluding steroid dienone is 8. The SMILES string of the molecule is C=C1C=CC=CC1C/C=C/C=C/CO. The summed E-state index contributed by atoms with van der Waals surface area (Å²) in [4.78, 5) is 0. The molecule has 0 aromatic rings. The van der Waals surface area contributed by atoms with Gasteiger partial charge in [0.25, 0.3) is 0 Å². The third-order valence-corrected chi connectivity index (χ3v) is 2.12. The number of hydrogen-bond acceptors (Lipinski definition) is 1. The van der Waals surface area contributed by atoms with Crippen molar-refractivity contribution in [3.05, 3.63) is 60.8 Å². The van der Waals surface area contributed by atoms with Gasteiger partial charge >= 0.3 is 0 Å². The molecule has 74 valence electrons. The fourth-order valence-corrected chi connectivity index (χ4v) is 1.30. The van der Waals surface area contributed by atoms with Crippen LogP contribution < -0.4 is 0 Å². The van der Waals surface area contributed by atoms with Gasteiger partial charge in [0.15, 0.2) is 0 Å². The van der Waals surface area contributed by atoms with Crippen molar-refractivity contribution in [3.8, 4) is 0 Å². The highest BCUT2D eigenvalue weighted by Gasteiger charge is 2.05. The van der Waals surface area contributed by atoms with Crippen LogP contribution in [0.2, 0.25) is 0 Å². The Balaban J connectivity index is 2.34. The largest absolute Gasteiger partial charge is 0.392 e. The summed E-state index contributed by atoms with van der Waals surface area (Å²) >= 11 is 0. The van der Waals surface area contributed by atoms with Crippen molar-refractivity contribution in [1.29, 1.82) is 0 Å². The molecule has 0 saturated carbocycles. The van der Waals surface area contributed by atoms with Crippen molar-refractivity contribution in [2.75, 3.05) is 6.61 Å². The summed E-state index contributed by atoms with van der Waals surface area (Å²) in [7, 11) is 0. The van der Waals surface area contributed by atoms with E-state index >= 15 is 0 Å². The first kappa shape index (κ1) is 10.7. The molecule has 0 heterocycles. The molecule has 1 aliphatic carbocycles. The summed E-state index contributed by atoms with van der Waals surface area (Å²) in [6, 6.07) is 0. The summed E-state index contributed by atoms with van der Waals surface area (Å²) in [6.45, 7) is 4.08. The average molecular weight is 188 g/mol. The second kappa shape index (κ2) is 6.17. The first-order chi connectivity index (χ1) is 6.84. The Kier molecular flexibility index (Phi) is 4.73. The van der Waals surface area contributed by atoms with Crippen molar-refractivity contribution in [3.63, 3.8) is 0 Å². The maximum absolute atomic E-state index is 8.50. The van der Waals surface area contributed by atoms with Crippen LogP contribution in [0.3, 0.4) is 0 Å². The molecule has 0 aromatic heterocycles. The van der Waals surface area contributed by atoms with E-state index in [-0.39, 0.29) is 6.61 Å². The van der Waals surface area contributed by atoms with Gasteiger partial charge in [-0.2, -0.15) is 0 Å². The van der Waals surface area contributed by atoms with Crippen molar-refractivity contribution in [2.45, 2.75) is 6.42 Å². The summed E-state index contributed by atoms with van der Waals surface area (Å²) in [5.41, 5.74) is 1.16. The second-order valence-electron chi connectivity index (χ2n) is 3.20. The van der Waals surface area contributed by atoms with Crippen LogP contribution in [-0.4, -0.2) is 11.7 Å². The zero-order valence-electron chi connectivity index (χ0n) is 8.26. The van der Waals surface area contributed by atoms with E-state index in [9.17, 15) is 0 Å². The normalized spacial score (nSPS) is 21.5. The van der Waals surface area contributed by atoms with Gasteiger partial charge in [-0.1, -0.05) is 55.2 Å². The third kappa shape index (κ3) is 3.58. The number of aliphatic hydroxyl groups is 1. The highest BCUT2D eigenvalue weighted by molar-refractivity contribution is 5.31. The molecule has 0 amide bonds. The maximum Gasteiger partial charge on any atom is 0.0615 e. The highest BCUT2D eigenvalue weighted by atomic mass is 16.2. The van der Waals surface area contributed by atoms with Gasteiger partial charge in [-0.25, -0.2) is 0 Å². The number of aliphatic hydroxyl groups excluding tert-OH is 1. The van der Waals surface area contributed by atoms with Gasteiger partial charge in [0.1, 0.15) is 0 Å². The van der Waals surface area contributed by atoms with Gasteiger partial charge in [0.2, 0.25) is 0 Å². The Hall–Kier alpha value is -1.34. The van der Waals surface area contributed by atoms with Crippen molar-refractivity contribution >= 4 is 0 Å². The minimum absolute atomic E-state index is 0.100. The van der Waals surface area contributed by atoms with Gasteiger partial charge < -0.3 is 5.11 Å². The van der Waals surface area contributed by atoms with E-state index in [0.29, 0.717) is 5.92 Å². The molecule has 1 nitrogen and oxygen atoms in total. The van der Waals surface area contributed by atoms with Gasteiger partial charge in [-0.05, 0) is 12.0 Å². The molecular formula is C13H16O. The van der Waals surface area contributed by atoms with Crippen LogP contribution in [0.5, 0.6) is 0 Å².